The zero-order valence-electron chi connectivity index (χ0n) is 38.0. The monoisotopic (exact) mass is 1050 g/mol. The summed E-state index contributed by atoms with van der Waals surface area (Å²) < 4.78 is 62.4. The molecule has 386 valence electrons. The van der Waals surface area contributed by atoms with Gasteiger partial charge in [0.2, 0.25) is 11.8 Å². The van der Waals surface area contributed by atoms with E-state index in [2.05, 4.69) is 44.4 Å². The van der Waals surface area contributed by atoms with E-state index in [1.165, 1.54) is 58.8 Å². The first-order valence-electron chi connectivity index (χ1n) is 22.1. The zero-order chi connectivity index (χ0) is 50.4. The van der Waals surface area contributed by atoms with Crippen LogP contribution in [0.15, 0.2) is 17.8 Å². The van der Waals surface area contributed by atoms with Crippen molar-refractivity contribution in [3.63, 3.8) is 0 Å². The lowest BCUT2D eigenvalue weighted by atomic mass is 9.87. The topological polar surface area (TPSA) is 412 Å². The van der Waals surface area contributed by atoms with E-state index < -0.39 is 84.6 Å². The molecule has 31 heteroatoms. The Hall–Kier alpha value is -3.13. The number of nitrogens with two attached hydrogens (primary N) is 1. The van der Waals surface area contributed by atoms with E-state index >= 15 is 0 Å². The summed E-state index contributed by atoms with van der Waals surface area (Å²) in [6.45, 7) is 1.11. The van der Waals surface area contributed by atoms with Gasteiger partial charge in [-0.05, 0) is 18.4 Å². The van der Waals surface area contributed by atoms with Crippen molar-refractivity contribution in [3.8, 4) is 0 Å². The molecule has 27 nitrogen and oxygen atoms in total. The van der Waals surface area contributed by atoms with Gasteiger partial charge in [0.05, 0.1) is 19.5 Å². The Bertz CT molecular complexity index is 2110. The molecule has 0 saturated carbocycles. The van der Waals surface area contributed by atoms with Crippen LogP contribution in [-0.2, 0) is 50.7 Å². The predicted octanol–water partition coefficient (Wildman–Crippen LogP) is 4.44. The van der Waals surface area contributed by atoms with E-state index in [1.54, 1.807) is 0 Å². The number of thioether (sulfide) groups is 1. The number of hydrogen-bond acceptors (Lipinski definition) is 19. The van der Waals surface area contributed by atoms with Gasteiger partial charge in [-0.2, -0.15) is 4.31 Å². The first kappa shape index (κ1) is 59.2. The highest BCUT2D eigenvalue weighted by Crippen LogP contribution is 2.61. The molecule has 1 fully saturated rings. The Labute approximate surface area is 397 Å². The summed E-state index contributed by atoms with van der Waals surface area (Å²) in [5.41, 5.74) is 12.5. The minimum atomic E-state index is -5.58. The average molecular weight is 1050 g/mol. The maximum atomic E-state index is 12.7. The predicted molar refractivity (Wildman–Crippen MR) is 246 cm³/mol. The number of fused-ring (bicyclic) bond motifs is 1. The third kappa shape index (κ3) is 21.9. The lowest BCUT2D eigenvalue weighted by Crippen LogP contribution is -2.46. The van der Waals surface area contributed by atoms with Crippen LogP contribution < -0.4 is 16.4 Å². The maximum absolute atomic E-state index is 12.7. The lowest BCUT2D eigenvalue weighted by Gasteiger charge is -2.30. The number of nitrogens with zero attached hydrogens (tertiary/aromatic N) is 7. The van der Waals surface area contributed by atoms with Crippen LogP contribution in [0.3, 0.4) is 0 Å². The van der Waals surface area contributed by atoms with Crippen LogP contribution in [-0.4, -0.2) is 129 Å². The van der Waals surface area contributed by atoms with Gasteiger partial charge in [-0.3, -0.25) is 32.5 Å². The lowest BCUT2D eigenvalue weighted by molar-refractivity contribution is -0.137. The number of phosphoric acid groups is 3. The summed E-state index contributed by atoms with van der Waals surface area (Å²) >= 11 is 1.14. The molecule has 0 bridgehead atoms. The average Bonchev–Trinajstić information content (AvgIpc) is 3.83. The summed E-state index contributed by atoms with van der Waals surface area (Å²) in [5.74, 6) is -1.06. The number of carbonyl (C=O) groups excluding carboxylic acids is 3. The van der Waals surface area contributed by atoms with Crippen molar-refractivity contribution in [3.05, 3.63) is 23.1 Å². The van der Waals surface area contributed by atoms with E-state index in [1.807, 2.05) is 0 Å². The summed E-state index contributed by atoms with van der Waals surface area (Å²) in [6, 6.07) is 0. The number of nitrogen functional groups attached to an aromatic ring is 1. The van der Waals surface area contributed by atoms with Crippen molar-refractivity contribution in [2.24, 2.45) is 10.5 Å². The second kappa shape index (κ2) is 29.3. The molecule has 0 aromatic carbocycles. The fourth-order valence-corrected chi connectivity index (χ4v) is 10.4. The van der Waals surface area contributed by atoms with Gasteiger partial charge in [-0.15, -0.1) is 0 Å². The molecule has 2 aromatic heterocycles. The van der Waals surface area contributed by atoms with E-state index in [4.69, 9.17) is 25.0 Å². The van der Waals surface area contributed by atoms with Gasteiger partial charge in [0.1, 0.15) is 36.3 Å². The minimum absolute atomic E-state index is 0.0300. The smallest absolute Gasteiger partial charge is 0.386 e. The highest BCUT2D eigenvalue weighted by Gasteiger charge is 2.50. The van der Waals surface area contributed by atoms with Crippen LogP contribution in [0.2, 0.25) is 0 Å². The van der Waals surface area contributed by atoms with Crippen molar-refractivity contribution >= 4 is 69.1 Å². The van der Waals surface area contributed by atoms with Crippen molar-refractivity contribution in [2.75, 3.05) is 44.3 Å². The molecule has 3 rings (SSSR count). The summed E-state index contributed by atoms with van der Waals surface area (Å²) in [6.07, 6.45) is 8.18. The molecule has 68 heavy (non-hydrogen) atoms. The number of aliphatic hydroxyl groups excluding tert-OH is 2. The molecule has 10 N–H and O–H groups in total. The summed E-state index contributed by atoms with van der Waals surface area (Å²) in [7, 11) is -16.4. The Kier molecular flexibility index (Phi) is 25.5. The van der Waals surface area contributed by atoms with E-state index in [-0.39, 0.29) is 41.6 Å². The van der Waals surface area contributed by atoms with Crippen LogP contribution in [0, 0.1) is 5.41 Å². The number of azide groups is 1. The Balaban J connectivity index is 1.28. The minimum Gasteiger partial charge on any atom is -0.386 e. The number of phosphoric ester groups is 3. The standard InChI is InChI=1S/C37H65N10O17P3S/c1-37(2,32(51)35(52)41-19-17-27(48)40-20-21-68-28(49)16-14-12-10-8-6-4-3-5-7-9-11-13-15-18-45-46-39)23-61-67(58,59)64-66(56,57)60-22-26-31(63-65(53,54)55)30(50)36(62-26)47-25-44-29-33(38)42-24-43-34(29)47/h24-26,30-32,36,50-51H,3-23H2,1-2H3,(H,40,48)(H,41,52)(H,56,57)(H,58,59)(H2,38,42,43)(H2,53,54,55)/t26-,30-,31-,32+,36-/m1/s1. The molecule has 2 aromatic rings. The second-order valence-electron chi connectivity index (χ2n) is 16.6. The van der Waals surface area contributed by atoms with Gasteiger partial charge in [0.25, 0.3) is 0 Å². The highest BCUT2D eigenvalue weighted by molar-refractivity contribution is 8.13. The van der Waals surface area contributed by atoms with Crippen LogP contribution in [0.1, 0.15) is 116 Å². The van der Waals surface area contributed by atoms with Crippen LogP contribution in [0.4, 0.5) is 5.82 Å². The largest absolute Gasteiger partial charge is 0.481 e. The molecule has 1 saturated heterocycles. The fourth-order valence-electron chi connectivity index (χ4n) is 6.81. The number of nitrogens with one attached hydrogen (secondary N) is 2. The van der Waals surface area contributed by atoms with Crippen LogP contribution in [0.25, 0.3) is 21.6 Å². The van der Waals surface area contributed by atoms with Crippen LogP contribution in [0.5, 0.6) is 0 Å². The van der Waals surface area contributed by atoms with Gasteiger partial charge in [0.15, 0.2) is 22.8 Å². The fraction of sp³-hybridized carbons (Fsp3) is 0.784. The van der Waals surface area contributed by atoms with Gasteiger partial charge in [0, 0.05) is 48.6 Å². The molecule has 0 spiro atoms. The number of carbonyl (C=O) groups is 3. The van der Waals surface area contributed by atoms with Crippen molar-refractivity contribution in [1.82, 2.24) is 30.2 Å². The SMILES string of the molecule is CC(C)(COP(=O)(O)OP(=O)(O)OC[C@H]1O[C@@H](n2cnc3c(N)ncnc32)[C@H](O)[C@@H]1OP(=O)(O)O)[C@@H](O)C(=O)NCCC(=O)NCCSC(=O)CCCCCCCCCCCCCCCN=[N+]=[N-]. The number of rotatable bonds is 35. The maximum Gasteiger partial charge on any atom is 0.481 e. The Morgan fingerprint density at radius 3 is 2.13 bits per heavy atom. The number of amides is 2. The van der Waals surface area contributed by atoms with Gasteiger partial charge >= 0.3 is 23.5 Å². The molecule has 7 atom stereocenters. The Morgan fingerprint density at radius 1 is 0.912 bits per heavy atom. The summed E-state index contributed by atoms with van der Waals surface area (Å²) in [4.78, 5) is 91.1. The highest BCUT2D eigenvalue weighted by atomic mass is 32.2. The van der Waals surface area contributed by atoms with Gasteiger partial charge < -0.3 is 50.9 Å². The van der Waals surface area contributed by atoms with E-state index in [0.717, 1.165) is 67.5 Å². The van der Waals surface area contributed by atoms with Crippen molar-refractivity contribution < 1.29 is 80.5 Å². The molecule has 2 unspecified atom stereocenters. The van der Waals surface area contributed by atoms with Gasteiger partial charge in [-0.25, -0.2) is 28.6 Å². The zero-order valence-corrected chi connectivity index (χ0v) is 41.5. The van der Waals surface area contributed by atoms with Crippen molar-refractivity contribution in [2.45, 2.75) is 141 Å². The van der Waals surface area contributed by atoms with E-state index in [0.29, 0.717) is 18.7 Å². The molecule has 1 aliphatic rings. The molecule has 2 amide bonds. The number of aromatic nitrogens is 4. The quantitative estimate of drug-likeness (QED) is 0.0151. The van der Waals surface area contributed by atoms with E-state index in [9.17, 15) is 57.9 Å². The van der Waals surface area contributed by atoms with Crippen molar-refractivity contribution in [1.29, 1.82) is 0 Å². The number of hydrogen-bond donors (Lipinski definition) is 9. The normalized spacial score (nSPS) is 19.8. The number of ether oxygens (including phenoxy) is 1. The second-order valence-corrected chi connectivity index (χ2v) is 22.0. The molecule has 3 heterocycles. The van der Waals surface area contributed by atoms with Gasteiger partial charge in [-0.1, -0.05) is 101 Å². The molecular weight excluding hydrogens is 981 g/mol. The summed E-state index contributed by atoms with van der Waals surface area (Å²) in [5, 5.41) is 30.2. The molecule has 0 radical (unpaired) electrons. The molecule has 1 aliphatic heterocycles. The number of anilines is 1. The first-order chi connectivity index (χ1) is 32.1. The number of unbranched alkanes of at least 4 members (excludes halogenated alkanes) is 12. The molecular formula is C37H65N10O17P3S. The number of aliphatic hydroxyl groups is 2. The third-order valence-electron chi connectivity index (χ3n) is 10.5. The van der Waals surface area contributed by atoms with Crippen LogP contribution >= 0.6 is 35.2 Å². The molecule has 0 aliphatic carbocycles. The first-order valence-corrected chi connectivity index (χ1v) is 27.6. The number of imidazole rings is 1. The Morgan fingerprint density at radius 2 is 1.51 bits per heavy atom. The third-order valence-corrected chi connectivity index (χ3v) is 14.5.